The first-order valence-corrected chi connectivity index (χ1v) is 7.79. The molecule has 17 heavy (non-hydrogen) atoms. The summed E-state index contributed by atoms with van der Waals surface area (Å²) in [5, 5.41) is 7.42. The van der Waals surface area contributed by atoms with Crippen molar-refractivity contribution in [3.63, 3.8) is 0 Å². The molecule has 0 bridgehead atoms. The van der Waals surface area contributed by atoms with Crippen LogP contribution in [-0.2, 0) is 23.3 Å². The van der Waals surface area contributed by atoms with E-state index in [1.165, 1.54) is 5.56 Å². The van der Waals surface area contributed by atoms with Crippen LogP contribution in [-0.4, -0.2) is 42.3 Å². The van der Waals surface area contributed by atoms with Gasteiger partial charge in [-0.1, -0.05) is 0 Å². The van der Waals surface area contributed by atoms with E-state index in [0.717, 1.165) is 25.8 Å². The van der Waals surface area contributed by atoms with Crippen LogP contribution in [0.5, 0.6) is 0 Å². The molecule has 96 valence electrons. The fraction of sp³-hybridized carbons (Fsp3) is 0.727. The van der Waals surface area contributed by atoms with Crippen molar-refractivity contribution in [1.82, 2.24) is 15.1 Å². The van der Waals surface area contributed by atoms with Crippen LogP contribution in [0.2, 0.25) is 0 Å². The summed E-state index contributed by atoms with van der Waals surface area (Å²) in [5.41, 5.74) is 1.18. The van der Waals surface area contributed by atoms with Crippen molar-refractivity contribution in [2.75, 3.05) is 18.1 Å². The van der Waals surface area contributed by atoms with Crippen LogP contribution in [0, 0.1) is 0 Å². The van der Waals surface area contributed by atoms with Gasteiger partial charge in [0.1, 0.15) is 0 Å². The van der Waals surface area contributed by atoms with Crippen molar-refractivity contribution in [3.8, 4) is 0 Å². The average Bonchev–Trinajstić information content (AvgIpc) is 2.63. The van der Waals surface area contributed by atoms with E-state index in [-0.39, 0.29) is 6.04 Å². The number of aromatic nitrogens is 2. The Labute approximate surface area is 102 Å². The van der Waals surface area contributed by atoms with Gasteiger partial charge in [0, 0.05) is 19.3 Å². The third kappa shape index (κ3) is 3.81. The molecule has 0 saturated carbocycles. The maximum absolute atomic E-state index is 11.4. The van der Waals surface area contributed by atoms with Crippen molar-refractivity contribution in [2.45, 2.75) is 25.3 Å². The van der Waals surface area contributed by atoms with Crippen LogP contribution in [0.1, 0.15) is 18.4 Å². The van der Waals surface area contributed by atoms with Gasteiger partial charge in [0.25, 0.3) is 0 Å². The topological polar surface area (TPSA) is 64.0 Å². The third-order valence-corrected chi connectivity index (χ3v) is 4.89. The fourth-order valence-corrected chi connectivity index (χ4v) is 3.88. The smallest absolute Gasteiger partial charge is 0.151 e. The molecular formula is C11H19N3O2S. The molecule has 0 amide bonds. The lowest BCUT2D eigenvalue weighted by molar-refractivity contribution is 0.483. The monoisotopic (exact) mass is 257 g/mol. The largest absolute Gasteiger partial charge is 0.313 e. The standard InChI is InChI=1S/C11H19N3O2S/c1-14-8-10(7-13-14)4-5-12-11-3-2-6-17(15,16)9-11/h7-8,11-12H,2-6,9H2,1H3. The molecule has 1 aliphatic rings. The number of hydrogen-bond acceptors (Lipinski definition) is 4. The van der Waals surface area contributed by atoms with E-state index >= 15 is 0 Å². The molecule has 0 aliphatic carbocycles. The van der Waals surface area contributed by atoms with E-state index in [1.807, 2.05) is 19.4 Å². The molecule has 1 unspecified atom stereocenters. The van der Waals surface area contributed by atoms with E-state index in [1.54, 1.807) is 4.68 Å². The van der Waals surface area contributed by atoms with Crippen LogP contribution in [0.3, 0.4) is 0 Å². The Morgan fingerprint density at radius 2 is 2.41 bits per heavy atom. The molecule has 1 fully saturated rings. The third-order valence-electron chi connectivity index (χ3n) is 3.07. The molecule has 5 nitrogen and oxygen atoms in total. The Bertz CT molecular complexity index is 467. The zero-order valence-corrected chi connectivity index (χ0v) is 10.9. The van der Waals surface area contributed by atoms with Crippen molar-refractivity contribution in [2.24, 2.45) is 7.05 Å². The van der Waals surface area contributed by atoms with Crippen LogP contribution >= 0.6 is 0 Å². The molecule has 1 aromatic heterocycles. The summed E-state index contributed by atoms with van der Waals surface area (Å²) in [5.74, 6) is 0.647. The number of rotatable bonds is 4. The summed E-state index contributed by atoms with van der Waals surface area (Å²) >= 11 is 0. The van der Waals surface area contributed by atoms with E-state index in [0.29, 0.717) is 11.5 Å². The second-order valence-electron chi connectivity index (χ2n) is 4.68. The molecule has 2 rings (SSSR count). The van der Waals surface area contributed by atoms with Crippen molar-refractivity contribution in [1.29, 1.82) is 0 Å². The molecule has 6 heteroatoms. The minimum Gasteiger partial charge on any atom is -0.313 e. The lowest BCUT2D eigenvalue weighted by atomic mass is 10.1. The van der Waals surface area contributed by atoms with Crippen LogP contribution < -0.4 is 5.32 Å². The lowest BCUT2D eigenvalue weighted by Gasteiger charge is -2.22. The molecule has 0 spiro atoms. The summed E-state index contributed by atoms with van der Waals surface area (Å²) in [7, 11) is -0.908. The van der Waals surface area contributed by atoms with Gasteiger partial charge in [-0.05, 0) is 31.4 Å². The summed E-state index contributed by atoms with van der Waals surface area (Å²) in [4.78, 5) is 0. The van der Waals surface area contributed by atoms with E-state index < -0.39 is 9.84 Å². The van der Waals surface area contributed by atoms with Gasteiger partial charge in [-0.2, -0.15) is 5.10 Å². The van der Waals surface area contributed by atoms with Crippen LogP contribution in [0.25, 0.3) is 0 Å². The second kappa shape index (κ2) is 5.18. The van der Waals surface area contributed by atoms with Crippen molar-refractivity contribution >= 4 is 9.84 Å². The number of sulfone groups is 1. The summed E-state index contributed by atoms with van der Waals surface area (Å²) in [6.07, 6.45) is 6.47. The van der Waals surface area contributed by atoms with Crippen LogP contribution in [0.4, 0.5) is 0 Å². The normalized spacial score (nSPS) is 23.7. The summed E-state index contributed by atoms with van der Waals surface area (Å²) < 4.78 is 24.7. The Morgan fingerprint density at radius 1 is 1.59 bits per heavy atom. The Balaban J connectivity index is 1.75. The SMILES string of the molecule is Cn1cc(CCNC2CCCS(=O)(=O)C2)cn1. The molecule has 1 atom stereocenters. The van der Waals surface area contributed by atoms with E-state index in [2.05, 4.69) is 10.4 Å². The van der Waals surface area contributed by atoms with Gasteiger partial charge < -0.3 is 5.32 Å². The van der Waals surface area contributed by atoms with Gasteiger partial charge in [0.2, 0.25) is 0 Å². The first-order valence-electron chi connectivity index (χ1n) is 5.96. The Kier molecular flexibility index (Phi) is 3.83. The Hall–Kier alpha value is -0.880. The zero-order valence-electron chi connectivity index (χ0n) is 10.1. The highest BCUT2D eigenvalue weighted by molar-refractivity contribution is 7.91. The molecule has 1 aromatic rings. The molecule has 2 heterocycles. The van der Waals surface area contributed by atoms with Crippen LogP contribution in [0.15, 0.2) is 12.4 Å². The second-order valence-corrected chi connectivity index (χ2v) is 6.91. The Morgan fingerprint density at radius 3 is 3.06 bits per heavy atom. The minimum atomic E-state index is -2.80. The maximum atomic E-state index is 11.4. The van der Waals surface area contributed by atoms with Gasteiger partial charge in [-0.25, -0.2) is 8.42 Å². The first kappa shape index (κ1) is 12.6. The number of aryl methyl sites for hydroxylation is 1. The van der Waals surface area contributed by atoms with Gasteiger partial charge in [0.05, 0.1) is 17.7 Å². The molecular weight excluding hydrogens is 238 g/mol. The zero-order chi connectivity index (χ0) is 12.3. The predicted octanol–water partition coefficient (Wildman–Crippen LogP) is 0.129. The quantitative estimate of drug-likeness (QED) is 0.833. The number of nitrogens with zero attached hydrogens (tertiary/aromatic N) is 2. The molecule has 0 radical (unpaired) electrons. The molecule has 1 saturated heterocycles. The molecule has 1 aliphatic heterocycles. The minimum absolute atomic E-state index is 0.130. The average molecular weight is 257 g/mol. The molecule has 0 aromatic carbocycles. The highest BCUT2D eigenvalue weighted by atomic mass is 32.2. The maximum Gasteiger partial charge on any atom is 0.151 e. The summed E-state index contributed by atoms with van der Waals surface area (Å²) in [6.45, 7) is 0.811. The number of nitrogens with one attached hydrogen (secondary N) is 1. The highest BCUT2D eigenvalue weighted by Crippen LogP contribution is 2.11. The summed E-state index contributed by atoms with van der Waals surface area (Å²) in [6, 6.07) is 0.130. The highest BCUT2D eigenvalue weighted by Gasteiger charge is 2.23. The van der Waals surface area contributed by atoms with Gasteiger partial charge in [-0.3, -0.25) is 4.68 Å². The first-order chi connectivity index (χ1) is 8.05. The van der Waals surface area contributed by atoms with Gasteiger partial charge in [0.15, 0.2) is 9.84 Å². The number of hydrogen-bond donors (Lipinski definition) is 1. The van der Waals surface area contributed by atoms with Crippen molar-refractivity contribution < 1.29 is 8.42 Å². The van der Waals surface area contributed by atoms with Crippen molar-refractivity contribution in [3.05, 3.63) is 18.0 Å². The van der Waals surface area contributed by atoms with E-state index in [4.69, 9.17) is 0 Å². The van der Waals surface area contributed by atoms with Gasteiger partial charge >= 0.3 is 0 Å². The molecule has 1 N–H and O–H groups in total. The van der Waals surface area contributed by atoms with E-state index in [9.17, 15) is 8.42 Å². The lowest BCUT2D eigenvalue weighted by Crippen LogP contribution is -2.40. The fourth-order valence-electron chi connectivity index (χ4n) is 2.21. The van der Waals surface area contributed by atoms with Gasteiger partial charge in [-0.15, -0.1) is 0 Å². The predicted molar refractivity (Wildman–Crippen MR) is 66.6 cm³/mol.